The fourth-order valence-corrected chi connectivity index (χ4v) is 6.92. The van der Waals surface area contributed by atoms with Gasteiger partial charge in [0.25, 0.3) is 5.91 Å². The molecule has 3 saturated heterocycles. The molecule has 1 aromatic rings. The second-order valence-electron chi connectivity index (χ2n) is 11.3. The molecule has 6 rings (SSSR count). The number of imide groups is 1. The first-order valence-electron chi connectivity index (χ1n) is 14.0. The molecule has 1 saturated carbocycles. The Bertz CT molecular complexity index is 1060. The van der Waals surface area contributed by atoms with Crippen molar-refractivity contribution in [2.75, 3.05) is 33.3 Å². The summed E-state index contributed by atoms with van der Waals surface area (Å²) in [5.41, 5.74) is 2.64. The minimum absolute atomic E-state index is 0.157. The highest BCUT2D eigenvalue weighted by Crippen LogP contribution is 2.42. The molecule has 1 aromatic carbocycles. The quantitative estimate of drug-likeness (QED) is 0.564. The van der Waals surface area contributed by atoms with Gasteiger partial charge < -0.3 is 24.6 Å². The Balaban J connectivity index is 1.07. The van der Waals surface area contributed by atoms with Gasteiger partial charge in [0, 0.05) is 23.6 Å². The minimum atomic E-state index is -0.612. The van der Waals surface area contributed by atoms with Crippen molar-refractivity contribution in [3.05, 3.63) is 28.8 Å². The lowest BCUT2D eigenvalue weighted by Crippen LogP contribution is -2.52. The molecule has 3 amide bonds. The van der Waals surface area contributed by atoms with E-state index in [0.717, 1.165) is 76.0 Å². The summed E-state index contributed by atoms with van der Waals surface area (Å²) in [4.78, 5) is 41.4. The van der Waals surface area contributed by atoms with Crippen molar-refractivity contribution in [3.63, 3.8) is 0 Å². The third-order valence-electron chi connectivity index (χ3n) is 9.13. The number of rotatable bonds is 6. The van der Waals surface area contributed by atoms with E-state index in [1.54, 1.807) is 12.0 Å². The number of nitrogens with zero attached hydrogens (tertiary/aromatic N) is 2. The zero-order chi connectivity index (χ0) is 25.5. The van der Waals surface area contributed by atoms with Crippen LogP contribution in [0.5, 0.6) is 5.75 Å². The molecule has 1 aliphatic carbocycles. The van der Waals surface area contributed by atoms with Gasteiger partial charge in [0.05, 0.1) is 25.9 Å². The van der Waals surface area contributed by atoms with Crippen molar-refractivity contribution >= 4 is 17.7 Å². The normalized spacial score (nSPS) is 29.7. The molecule has 4 fully saturated rings. The first-order chi connectivity index (χ1) is 18.0. The molecular weight excluding hydrogens is 472 g/mol. The molecular formula is C28H38N4O5. The fourth-order valence-electron chi connectivity index (χ4n) is 6.92. The van der Waals surface area contributed by atoms with Gasteiger partial charge in [-0.3, -0.25) is 19.7 Å². The van der Waals surface area contributed by atoms with Crippen LogP contribution < -0.4 is 15.4 Å². The van der Waals surface area contributed by atoms with E-state index in [-0.39, 0.29) is 24.1 Å². The van der Waals surface area contributed by atoms with Gasteiger partial charge in [-0.25, -0.2) is 0 Å². The van der Waals surface area contributed by atoms with Gasteiger partial charge in [0.2, 0.25) is 11.8 Å². The van der Waals surface area contributed by atoms with Crippen LogP contribution in [0.2, 0.25) is 0 Å². The summed E-state index contributed by atoms with van der Waals surface area (Å²) in [6.07, 6.45) is 8.16. The third-order valence-corrected chi connectivity index (χ3v) is 9.13. The topological polar surface area (TPSA) is 100 Å². The lowest BCUT2D eigenvalue weighted by atomic mass is 9.82. The molecule has 5 aliphatic rings. The monoisotopic (exact) mass is 510 g/mol. The number of likely N-dealkylation sites (tertiary alicyclic amines) is 1. The van der Waals surface area contributed by atoms with Gasteiger partial charge in [0.1, 0.15) is 11.8 Å². The van der Waals surface area contributed by atoms with Crippen molar-refractivity contribution < 1.29 is 23.9 Å². The van der Waals surface area contributed by atoms with E-state index in [9.17, 15) is 14.4 Å². The zero-order valence-corrected chi connectivity index (χ0v) is 21.7. The standard InChI is InChI=1S/C28H38N4O5/c1-36-26-21(2-3-22-23(26)16-32(28(22)35)24-4-5-25(33)30-27(24)34)17-8-12-31(13-9-17)18-14-20(15-18)37-19-6-10-29-11-7-19/h2-3,17-20,24,29H,4-16H2,1H3,(H,30,33,34). The Morgan fingerprint density at radius 2 is 1.70 bits per heavy atom. The molecule has 0 aromatic heterocycles. The number of hydrogen-bond donors (Lipinski definition) is 2. The average molecular weight is 511 g/mol. The van der Waals surface area contributed by atoms with Crippen molar-refractivity contribution in [3.8, 4) is 5.75 Å². The summed E-state index contributed by atoms with van der Waals surface area (Å²) in [5.74, 6) is 0.360. The van der Waals surface area contributed by atoms with Gasteiger partial charge in [0.15, 0.2) is 0 Å². The summed E-state index contributed by atoms with van der Waals surface area (Å²) >= 11 is 0. The Labute approximate surface area is 218 Å². The molecule has 4 heterocycles. The molecule has 1 atom stereocenters. The zero-order valence-electron chi connectivity index (χ0n) is 21.7. The van der Waals surface area contributed by atoms with Crippen molar-refractivity contribution in [2.24, 2.45) is 0 Å². The molecule has 1 unspecified atom stereocenters. The molecule has 2 N–H and O–H groups in total. The van der Waals surface area contributed by atoms with E-state index in [0.29, 0.717) is 42.7 Å². The van der Waals surface area contributed by atoms with E-state index in [2.05, 4.69) is 21.6 Å². The van der Waals surface area contributed by atoms with Gasteiger partial charge in [-0.1, -0.05) is 6.07 Å². The molecule has 4 aliphatic heterocycles. The van der Waals surface area contributed by atoms with E-state index in [1.807, 2.05) is 6.07 Å². The minimum Gasteiger partial charge on any atom is -0.496 e. The van der Waals surface area contributed by atoms with Crippen LogP contribution in [0.25, 0.3) is 0 Å². The van der Waals surface area contributed by atoms with Crippen LogP contribution >= 0.6 is 0 Å². The lowest BCUT2D eigenvalue weighted by molar-refractivity contribution is -0.136. The average Bonchev–Trinajstić information content (AvgIpc) is 3.22. The first kappa shape index (κ1) is 24.8. The van der Waals surface area contributed by atoms with Crippen LogP contribution in [0.4, 0.5) is 0 Å². The molecule has 200 valence electrons. The smallest absolute Gasteiger partial charge is 0.255 e. The second-order valence-corrected chi connectivity index (χ2v) is 11.3. The van der Waals surface area contributed by atoms with Crippen molar-refractivity contribution in [2.45, 2.75) is 88.1 Å². The van der Waals surface area contributed by atoms with Crippen LogP contribution in [0.15, 0.2) is 12.1 Å². The number of ether oxygens (including phenoxy) is 2. The van der Waals surface area contributed by atoms with E-state index >= 15 is 0 Å². The van der Waals surface area contributed by atoms with Gasteiger partial charge >= 0.3 is 0 Å². The number of methoxy groups -OCH3 is 1. The fraction of sp³-hybridized carbons (Fsp3) is 0.679. The van der Waals surface area contributed by atoms with Crippen LogP contribution in [-0.4, -0.2) is 85.1 Å². The van der Waals surface area contributed by atoms with Gasteiger partial charge in [-0.2, -0.15) is 0 Å². The van der Waals surface area contributed by atoms with Gasteiger partial charge in [-0.15, -0.1) is 0 Å². The number of amides is 3. The number of hydrogen-bond acceptors (Lipinski definition) is 7. The van der Waals surface area contributed by atoms with Gasteiger partial charge in [-0.05, 0) is 88.7 Å². The summed E-state index contributed by atoms with van der Waals surface area (Å²) in [7, 11) is 1.67. The highest BCUT2D eigenvalue weighted by Gasteiger charge is 2.42. The Morgan fingerprint density at radius 3 is 2.41 bits per heavy atom. The maximum Gasteiger partial charge on any atom is 0.255 e. The van der Waals surface area contributed by atoms with Crippen LogP contribution in [0.1, 0.15) is 78.8 Å². The number of nitrogens with one attached hydrogen (secondary N) is 2. The SMILES string of the molecule is COc1c(C2CCN(C3CC(OC4CCNCC4)C3)CC2)ccc2c1CN(C1CCC(=O)NC1=O)C2=O. The number of fused-ring (bicyclic) bond motifs is 1. The largest absolute Gasteiger partial charge is 0.496 e. The molecule has 0 bridgehead atoms. The highest BCUT2D eigenvalue weighted by atomic mass is 16.5. The first-order valence-corrected chi connectivity index (χ1v) is 14.0. The lowest BCUT2D eigenvalue weighted by Gasteiger charge is -2.46. The molecule has 9 heteroatoms. The van der Waals surface area contributed by atoms with Crippen LogP contribution in [-0.2, 0) is 20.9 Å². The maximum atomic E-state index is 13.2. The summed E-state index contributed by atoms with van der Waals surface area (Å²) < 4.78 is 12.2. The Hall–Kier alpha value is -2.49. The van der Waals surface area contributed by atoms with Crippen LogP contribution in [0.3, 0.4) is 0 Å². The Kier molecular flexibility index (Phi) is 6.94. The number of carbonyl (C=O) groups excluding carboxylic acids is 3. The summed E-state index contributed by atoms with van der Waals surface area (Å²) in [6.45, 7) is 4.62. The van der Waals surface area contributed by atoms with Crippen molar-refractivity contribution in [1.29, 1.82) is 0 Å². The second kappa shape index (κ2) is 10.3. The number of piperidine rings is 3. The van der Waals surface area contributed by atoms with Crippen LogP contribution in [0, 0.1) is 0 Å². The van der Waals surface area contributed by atoms with Crippen molar-refractivity contribution in [1.82, 2.24) is 20.4 Å². The number of carbonyl (C=O) groups is 3. The number of benzene rings is 1. The summed E-state index contributed by atoms with van der Waals surface area (Å²) in [6, 6.07) is 3.98. The van der Waals surface area contributed by atoms with E-state index in [4.69, 9.17) is 9.47 Å². The van der Waals surface area contributed by atoms with E-state index < -0.39 is 6.04 Å². The molecule has 37 heavy (non-hydrogen) atoms. The molecule has 9 nitrogen and oxygen atoms in total. The predicted octanol–water partition coefficient (Wildman–Crippen LogP) is 1.94. The third kappa shape index (κ3) is 4.77. The highest BCUT2D eigenvalue weighted by molar-refractivity contribution is 6.05. The summed E-state index contributed by atoms with van der Waals surface area (Å²) in [5, 5.41) is 5.78. The predicted molar refractivity (Wildman–Crippen MR) is 136 cm³/mol. The molecule has 0 spiro atoms. The molecule has 0 radical (unpaired) electrons. The Morgan fingerprint density at radius 1 is 0.946 bits per heavy atom. The maximum absolute atomic E-state index is 13.2. The van der Waals surface area contributed by atoms with E-state index in [1.165, 1.54) is 5.56 Å².